The van der Waals surface area contributed by atoms with Gasteiger partial charge in [-0.1, -0.05) is 27.7 Å². The predicted octanol–water partition coefficient (Wildman–Crippen LogP) is 5.84. The van der Waals surface area contributed by atoms with Crippen molar-refractivity contribution in [2.75, 3.05) is 6.61 Å². The van der Waals surface area contributed by atoms with Crippen molar-refractivity contribution >= 4 is 10.9 Å². The van der Waals surface area contributed by atoms with Gasteiger partial charge in [-0.05, 0) is 42.7 Å². The maximum atomic E-state index is 13.5. The molecular formula is C19H25F3N2O. The first-order valence-corrected chi connectivity index (χ1v) is 8.78. The number of nitrogens with zero attached hydrogens (tertiary/aromatic N) is 2. The Kier molecular flexibility index (Phi) is 4.50. The molecule has 1 saturated carbocycles. The van der Waals surface area contributed by atoms with Crippen molar-refractivity contribution in [2.24, 2.45) is 11.3 Å². The van der Waals surface area contributed by atoms with E-state index in [1.807, 2.05) is 0 Å². The monoisotopic (exact) mass is 354 g/mol. The fourth-order valence-electron chi connectivity index (χ4n) is 3.43. The third-order valence-corrected chi connectivity index (χ3v) is 4.82. The minimum Gasteiger partial charge on any atom is -0.494 e. The number of alkyl halides is 3. The van der Waals surface area contributed by atoms with E-state index >= 15 is 0 Å². The average molecular weight is 354 g/mol. The first kappa shape index (κ1) is 18.1. The van der Waals surface area contributed by atoms with Crippen LogP contribution in [0, 0.1) is 11.3 Å². The van der Waals surface area contributed by atoms with Gasteiger partial charge in [0.2, 0.25) is 0 Å². The Morgan fingerprint density at radius 3 is 2.52 bits per heavy atom. The van der Waals surface area contributed by atoms with Crippen molar-refractivity contribution in [3.05, 3.63) is 23.9 Å². The largest absolute Gasteiger partial charge is 0.494 e. The number of rotatable bonds is 5. The van der Waals surface area contributed by atoms with Gasteiger partial charge in [-0.25, -0.2) is 0 Å². The number of hydrogen-bond acceptors (Lipinski definition) is 2. The molecule has 1 aromatic heterocycles. The summed E-state index contributed by atoms with van der Waals surface area (Å²) in [6.07, 6.45) is -0.0660. The van der Waals surface area contributed by atoms with E-state index in [4.69, 9.17) is 4.74 Å². The molecule has 138 valence electrons. The van der Waals surface area contributed by atoms with Gasteiger partial charge in [0.15, 0.2) is 0 Å². The molecule has 2 aromatic rings. The number of benzene rings is 1. The Balaban J connectivity index is 1.93. The summed E-state index contributed by atoms with van der Waals surface area (Å²) in [4.78, 5) is 0. The fourth-order valence-corrected chi connectivity index (χ4v) is 3.43. The molecule has 0 radical (unpaired) electrons. The van der Waals surface area contributed by atoms with Gasteiger partial charge in [0.05, 0.1) is 18.2 Å². The zero-order valence-corrected chi connectivity index (χ0v) is 15.2. The van der Waals surface area contributed by atoms with Crippen LogP contribution in [-0.4, -0.2) is 16.4 Å². The molecular weight excluding hydrogens is 329 g/mol. The van der Waals surface area contributed by atoms with Crippen LogP contribution < -0.4 is 4.74 Å². The Morgan fingerprint density at radius 2 is 1.96 bits per heavy atom. The highest BCUT2D eigenvalue weighted by molar-refractivity contribution is 5.83. The van der Waals surface area contributed by atoms with Gasteiger partial charge in [0.1, 0.15) is 11.3 Å². The lowest BCUT2D eigenvalue weighted by atomic mass is 9.68. The molecule has 0 spiro atoms. The van der Waals surface area contributed by atoms with Crippen LogP contribution in [0.3, 0.4) is 0 Å². The molecule has 0 saturated heterocycles. The Morgan fingerprint density at radius 1 is 1.28 bits per heavy atom. The van der Waals surface area contributed by atoms with Crippen molar-refractivity contribution in [3.63, 3.8) is 0 Å². The molecule has 0 unspecified atom stereocenters. The van der Waals surface area contributed by atoms with Crippen LogP contribution in [-0.2, 0) is 6.18 Å². The summed E-state index contributed by atoms with van der Waals surface area (Å²) in [5.41, 5.74) is -0.476. The molecule has 0 amide bonds. The van der Waals surface area contributed by atoms with Gasteiger partial charge < -0.3 is 4.74 Å². The van der Waals surface area contributed by atoms with Crippen LogP contribution >= 0.6 is 0 Å². The second-order valence-electron chi connectivity index (χ2n) is 8.27. The molecule has 1 heterocycles. The fraction of sp³-hybridized carbons (Fsp3) is 0.632. The van der Waals surface area contributed by atoms with Gasteiger partial charge in [-0.15, -0.1) is 0 Å². The van der Waals surface area contributed by atoms with Crippen molar-refractivity contribution in [2.45, 2.75) is 59.2 Å². The third kappa shape index (κ3) is 3.93. The SMILES string of the molecule is CC(C)CCOc1cc(C(F)(F)F)c2nn(C3CC(C)(C)C3)cc2c1. The standard InChI is InChI=1S/C19H25F3N2O/c1-12(2)5-6-25-15-7-13-11-24(14-9-18(3,4)10-14)23-17(13)16(8-15)19(20,21)22/h7-8,11-12,14H,5-6,9-10H2,1-4H3. The summed E-state index contributed by atoms with van der Waals surface area (Å²) in [5, 5.41) is 4.74. The van der Waals surface area contributed by atoms with E-state index in [-0.39, 0.29) is 22.7 Å². The van der Waals surface area contributed by atoms with Crippen LogP contribution in [0.1, 0.15) is 58.6 Å². The molecule has 1 fully saturated rings. The van der Waals surface area contributed by atoms with Crippen LogP contribution in [0.4, 0.5) is 13.2 Å². The topological polar surface area (TPSA) is 27.1 Å². The van der Waals surface area contributed by atoms with Gasteiger partial charge >= 0.3 is 6.18 Å². The van der Waals surface area contributed by atoms with Crippen molar-refractivity contribution in [1.29, 1.82) is 0 Å². The first-order valence-electron chi connectivity index (χ1n) is 8.78. The summed E-state index contributed by atoms with van der Waals surface area (Å²) < 4.78 is 47.7. The second-order valence-corrected chi connectivity index (χ2v) is 8.27. The maximum Gasteiger partial charge on any atom is 0.418 e. The highest BCUT2D eigenvalue weighted by Crippen LogP contribution is 2.48. The summed E-state index contributed by atoms with van der Waals surface area (Å²) in [5.74, 6) is 0.699. The number of fused-ring (bicyclic) bond motifs is 1. The average Bonchev–Trinajstić information content (AvgIpc) is 2.85. The van der Waals surface area contributed by atoms with E-state index in [0.717, 1.165) is 25.3 Å². The smallest absolute Gasteiger partial charge is 0.418 e. The predicted molar refractivity (Wildman–Crippen MR) is 91.7 cm³/mol. The number of halogens is 3. The lowest BCUT2D eigenvalue weighted by Gasteiger charge is -2.42. The molecule has 3 rings (SSSR count). The van der Waals surface area contributed by atoms with Crippen molar-refractivity contribution in [3.8, 4) is 5.75 Å². The van der Waals surface area contributed by atoms with E-state index in [0.29, 0.717) is 17.9 Å². The van der Waals surface area contributed by atoms with Gasteiger partial charge in [-0.3, -0.25) is 4.68 Å². The summed E-state index contributed by atoms with van der Waals surface area (Å²) in [6.45, 7) is 8.84. The zero-order valence-electron chi connectivity index (χ0n) is 15.2. The molecule has 1 aliphatic carbocycles. The molecule has 0 bridgehead atoms. The highest BCUT2D eigenvalue weighted by Gasteiger charge is 2.39. The van der Waals surface area contributed by atoms with E-state index < -0.39 is 11.7 Å². The molecule has 6 heteroatoms. The van der Waals surface area contributed by atoms with E-state index in [2.05, 4.69) is 32.8 Å². The van der Waals surface area contributed by atoms with Crippen LogP contribution in [0.15, 0.2) is 18.3 Å². The molecule has 25 heavy (non-hydrogen) atoms. The highest BCUT2D eigenvalue weighted by atomic mass is 19.4. The molecule has 0 atom stereocenters. The third-order valence-electron chi connectivity index (χ3n) is 4.82. The molecule has 0 aliphatic heterocycles. The number of ether oxygens (including phenoxy) is 1. The van der Waals surface area contributed by atoms with Gasteiger partial charge in [0.25, 0.3) is 0 Å². The second kappa shape index (κ2) is 6.22. The van der Waals surface area contributed by atoms with Crippen molar-refractivity contribution < 1.29 is 17.9 Å². The van der Waals surface area contributed by atoms with Gasteiger partial charge in [-0.2, -0.15) is 18.3 Å². The Bertz CT molecular complexity index is 754. The van der Waals surface area contributed by atoms with E-state index in [1.54, 1.807) is 16.9 Å². The number of aromatic nitrogens is 2. The Hall–Kier alpha value is -1.72. The zero-order chi connectivity index (χ0) is 18.4. The number of hydrogen-bond donors (Lipinski definition) is 0. The van der Waals surface area contributed by atoms with E-state index in [9.17, 15) is 13.2 Å². The maximum absolute atomic E-state index is 13.5. The lowest BCUT2D eigenvalue weighted by molar-refractivity contribution is -0.136. The molecule has 0 N–H and O–H groups in total. The quantitative estimate of drug-likeness (QED) is 0.674. The minimum absolute atomic E-state index is 0.00779. The van der Waals surface area contributed by atoms with Gasteiger partial charge in [0, 0.05) is 11.6 Å². The van der Waals surface area contributed by atoms with Crippen LogP contribution in [0.5, 0.6) is 5.75 Å². The van der Waals surface area contributed by atoms with E-state index in [1.165, 1.54) is 0 Å². The minimum atomic E-state index is -4.45. The van der Waals surface area contributed by atoms with Crippen LogP contribution in [0.25, 0.3) is 10.9 Å². The molecule has 1 aliphatic rings. The first-order chi connectivity index (χ1) is 11.5. The molecule has 3 nitrogen and oxygen atoms in total. The van der Waals surface area contributed by atoms with Crippen molar-refractivity contribution in [1.82, 2.24) is 9.78 Å². The molecule has 1 aromatic carbocycles. The lowest BCUT2D eigenvalue weighted by Crippen LogP contribution is -2.33. The normalized spacial score (nSPS) is 17.9. The summed E-state index contributed by atoms with van der Waals surface area (Å²) >= 11 is 0. The summed E-state index contributed by atoms with van der Waals surface area (Å²) in [7, 11) is 0. The van der Waals surface area contributed by atoms with Crippen LogP contribution in [0.2, 0.25) is 0 Å². The Labute approximate surface area is 146 Å². The summed E-state index contributed by atoms with van der Waals surface area (Å²) in [6, 6.07) is 2.91.